The molecule has 0 radical (unpaired) electrons. The average Bonchev–Trinajstić information content (AvgIpc) is 2.31. The lowest BCUT2D eigenvalue weighted by Gasteiger charge is -2.07. The third kappa shape index (κ3) is 2.85. The van der Waals surface area contributed by atoms with Crippen LogP contribution in [0.5, 0.6) is 0 Å². The maximum Gasteiger partial charge on any atom is 0.255 e. The summed E-state index contributed by atoms with van der Waals surface area (Å²) < 4.78 is 0. The molecule has 1 heterocycles. The Balaban J connectivity index is 2.19. The molecule has 4 nitrogen and oxygen atoms in total. The summed E-state index contributed by atoms with van der Waals surface area (Å²) in [4.78, 5) is 16.1. The Morgan fingerprint density at radius 1 is 1.22 bits per heavy atom. The van der Waals surface area contributed by atoms with E-state index in [9.17, 15) is 4.79 Å². The molecule has 2 aromatic rings. The highest BCUT2D eigenvalue weighted by molar-refractivity contribution is 6.04. The van der Waals surface area contributed by atoms with Gasteiger partial charge in [-0.2, -0.15) is 0 Å². The molecule has 3 N–H and O–H groups in total. The third-order valence-corrected chi connectivity index (χ3v) is 2.53. The van der Waals surface area contributed by atoms with E-state index in [0.717, 1.165) is 11.3 Å². The highest BCUT2D eigenvalue weighted by atomic mass is 16.1. The fourth-order valence-electron chi connectivity index (χ4n) is 1.69. The number of anilines is 2. The van der Waals surface area contributed by atoms with Gasteiger partial charge in [0.05, 0.1) is 11.9 Å². The predicted octanol–water partition coefficient (Wildman–Crippen LogP) is 2.53. The number of hydrogen-bond acceptors (Lipinski definition) is 3. The molecule has 1 amide bonds. The molecule has 0 spiro atoms. The van der Waals surface area contributed by atoms with Crippen molar-refractivity contribution >= 4 is 17.3 Å². The predicted molar refractivity (Wildman–Crippen MR) is 72.5 cm³/mol. The zero-order valence-electron chi connectivity index (χ0n) is 10.4. The largest absolute Gasteiger partial charge is 0.399 e. The number of amides is 1. The van der Waals surface area contributed by atoms with Crippen LogP contribution in [0.4, 0.5) is 11.4 Å². The third-order valence-electron chi connectivity index (χ3n) is 2.53. The molecule has 0 saturated carbocycles. The molecule has 0 fully saturated rings. The van der Waals surface area contributed by atoms with Crippen LogP contribution in [0.15, 0.2) is 36.5 Å². The first kappa shape index (κ1) is 12.1. The van der Waals surface area contributed by atoms with E-state index < -0.39 is 0 Å². The molecule has 4 heteroatoms. The van der Waals surface area contributed by atoms with E-state index in [-0.39, 0.29) is 5.91 Å². The quantitative estimate of drug-likeness (QED) is 0.794. The molecule has 0 bridgehead atoms. The Hall–Kier alpha value is -2.36. The number of aromatic nitrogens is 1. The maximum absolute atomic E-state index is 12.0. The van der Waals surface area contributed by atoms with E-state index in [0.29, 0.717) is 16.9 Å². The van der Waals surface area contributed by atoms with Crippen LogP contribution in [-0.2, 0) is 0 Å². The molecule has 2 rings (SSSR count). The van der Waals surface area contributed by atoms with Crippen LogP contribution in [0.25, 0.3) is 0 Å². The summed E-state index contributed by atoms with van der Waals surface area (Å²) in [6, 6.07) is 8.95. The fourth-order valence-corrected chi connectivity index (χ4v) is 1.69. The van der Waals surface area contributed by atoms with Crippen molar-refractivity contribution in [2.24, 2.45) is 0 Å². The smallest absolute Gasteiger partial charge is 0.255 e. The van der Waals surface area contributed by atoms with Gasteiger partial charge in [-0.15, -0.1) is 0 Å². The first-order chi connectivity index (χ1) is 8.54. The molecule has 1 aromatic carbocycles. The number of aryl methyl sites for hydroxylation is 2. The van der Waals surface area contributed by atoms with Crippen molar-refractivity contribution in [2.75, 3.05) is 11.1 Å². The summed E-state index contributed by atoms with van der Waals surface area (Å²) in [6.07, 6.45) is 1.63. The van der Waals surface area contributed by atoms with Crippen LogP contribution in [-0.4, -0.2) is 10.9 Å². The van der Waals surface area contributed by atoms with Gasteiger partial charge in [0.2, 0.25) is 0 Å². The first-order valence-electron chi connectivity index (χ1n) is 5.66. The molecular weight excluding hydrogens is 226 g/mol. The minimum Gasteiger partial charge on any atom is -0.399 e. The number of nitrogens with one attached hydrogen (secondary N) is 1. The van der Waals surface area contributed by atoms with E-state index in [1.165, 1.54) is 0 Å². The zero-order valence-corrected chi connectivity index (χ0v) is 10.4. The van der Waals surface area contributed by atoms with Crippen LogP contribution in [0, 0.1) is 13.8 Å². The summed E-state index contributed by atoms with van der Waals surface area (Å²) in [6.45, 7) is 3.80. The monoisotopic (exact) mass is 241 g/mol. The van der Waals surface area contributed by atoms with Crippen LogP contribution in [0.1, 0.15) is 21.6 Å². The Morgan fingerprint density at radius 2 is 2.00 bits per heavy atom. The zero-order chi connectivity index (χ0) is 13.1. The Morgan fingerprint density at radius 3 is 2.61 bits per heavy atom. The van der Waals surface area contributed by atoms with Crippen molar-refractivity contribution in [3.63, 3.8) is 0 Å². The number of rotatable bonds is 2. The number of carbonyl (C=O) groups is 1. The Kier molecular flexibility index (Phi) is 3.28. The summed E-state index contributed by atoms with van der Waals surface area (Å²) >= 11 is 0. The van der Waals surface area contributed by atoms with E-state index in [2.05, 4.69) is 10.3 Å². The summed E-state index contributed by atoms with van der Waals surface area (Å²) in [5.74, 6) is -0.184. The van der Waals surface area contributed by atoms with Crippen LogP contribution < -0.4 is 11.1 Å². The summed E-state index contributed by atoms with van der Waals surface area (Å²) in [7, 11) is 0. The van der Waals surface area contributed by atoms with Crippen molar-refractivity contribution in [1.82, 2.24) is 4.98 Å². The normalized spacial score (nSPS) is 10.1. The van der Waals surface area contributed by atoms with E-state index in [4.69, 9.17) is 5.73 Å². The van der Waals surface area contributed by atoms with E-state index in [1.54, 1.807) is 18.3 Å². The van der Waals surface area contributed by atoms with Crippen molar-refractivity contribution < 1.29 is 4.79 Å². The van der Waals surface area contributed by atoms with Crippen molar-refractivity contribution in [1.29, 1.82) is 0 Å². The van der Waals surface area contributed by atoms with Crippen LogP contribution >= 0.6 is 0 Å². The second kappa shape index (κ2) is 4.87. The van der Waals surface area contributed by atoms with Gasteiger partial charge >= 0.3 is 0 Å². The van der Waals surface area contributed by atoms with Crippen molar-refractivity contribution in [2.45, 2.75) is 13.8 Å². The molecule has 0 atom stereocenters. The van der Waals surface area contributed by atoms with Gasteiger partial charge < -0.3 is 11.1 Å². The maximum atomic E-state index is 12.0. The van der Waals surface area contributed by atoms with E-state index >= 15 is 0 Å². The Bertz CT molecular complexity index is 556. The minimum absolute atomic E-state index is 0.184. The second-order valence-corrected chi connectivity index (χ2v) is 4.27. The molecule has 0 aliphatic rings. The van der Waals surface area contributed by atoms with E-state index in [1.807, 2.05) is 32.0 Å². The average molecular weight is 241 g/mol. The lowest BCUT2D eigenvalue weighted by molar-refractivity contribution is 0.102. The number of benzene rings is 1. The summed E-state index contributed by atoms with van der Waals surface area (Å²) in [5, 5.41) is 2.78. The highest BCUT2D eigenvalue weighted by Crippen LogP contribution is 2.13. The number of pyridine rings is 1. The van der Waals surface area contributed by atoms with Crippen molar-refractivity contribution in [3.8, 4) is 0 Å². The van der Waals surface area contributed by atoms with Gasteiger partial charge in [-0.05, 0) is 49.7 Å². The lowest BCUT2D eigenvalue weighted by Crippen LogP contribution is -2.12. The number of hydrogen-bond donors (Lipinski definition) is 2. The lowest BCUT2D eigenvalue weighted by atomic mass is 10.1. The summed E-state index contributed by atoms with van der Waals surface area (Å²) in [5.41, 5.74) is 9.39. The van der Waals surface area contributed by atoms with Gasteiger partial charge in [-0.3, -0.25) is 9.78 Å². The van der Waals surface area contributed by atoms with Crippen LogP contribution in [0.2, 0.25) is 0 Å². The van der Waals surface area contributed by atoms with Gasteiger partial charge in [0.25, 0.3) is 5.91 Å². The second-order valence-electron chi connectivity index (χ2n) is 4.27. The fraction of sp³-hybridized carbons (Fsp3) is 0.143. The number of nitrogen functional groups attached to an aromatic ring is 1. The molecule has 0 aliphatic carbocycles. The standard InChI is InChI=1S/C14H15N3O/c1-9-5-11(7-12(15)6-9)14(18)17-13-4-3-10(2)16-8-13/h3-8H,15H2,1-2H3,(H,17,18). The highest BCUT2D eigenvalue weighted by Gasteiger charge is 2.07. The molecule has 0 unspecified atom stereocenters. The molecule has 92 valence electrons. The molecule has 0 aliphatic heterocycles. The first-order valence-corrected chi connectivity index (χ1v) is 5.66. The topological polar surface area (TPSA) is 68.0 Å². The van der Waals surface area contributed by atoms with Gasteiger partial charge in [-0.25, -0.2) is 0 Å². The molecular formula is C14H15N3O. The van der Waals surface area contributed by atoms with Gasteiger partial charge in [0, 0.05) is 16.9 Å². The number of carbonyl (C=O) groups excluding carboxylic acids is 1. The van der Waals surface area contributed by atoms with Crippen LogP contribution in [0.3, 0.4) is 0 Å². The number of nitrogens with zero attached hydrogens (tertiary/aromatic N) is 1. The van der Waals surface area contributed by atoms with Crippen molar-refractivity contribution in [3.05, 3.63) is 53.3 Å². The Labute approximate surface area is 106 Å². The molecule has 18 heavy (non-hydrogen) atoms. The minimum atomic E-state index is -0.184. The van der Waals surface area contributed by atoms with Gasteiger partial charge in [-0.1, -0.05) is 0 Å². The molecule has 0 saturated heterocycles. The number of nitrogens with two attached hydrogens (primary N) is 1. The molecule has 1 aromatic heterocycles. The van der Waals surface area contributed by atoms with Gasteiger partial charge in [0.1, 0.15) is 0 Å². The SMILES string of the molecule is Cc1cc(N)cc(C(=O)Nc2ccc(C)nc2)c1. The van der Waals surface area contributed by atoms with Gasteiger partial charge in [0.15, 0.2) is 0 Å².